The minimum atomic E-state index is -0.679. The minimum absolute atomic E-state index is 0.0250. The Bertz CT molecular complexity index is 955. The van der Waals surface area contributed by atoms with Crippen molar-refractivity contribution >= 4 is 11.9 Å². The third-order valence-electron chi connectivity index (χ3n) is 13.6. The van der Waals surface area contributed by atoms with E-state index in [1.807, 2.05) is 0 Å². The van der Waals surface area contributed by atoms with Crippen LogP contribution in [0.25, 0.3) is 0 Å². The topological polar surface area (TPSA) is 95.9 Å². The molecule has 0 bridgehead atoms. The van der Waals surface area contributed by atoms with Gasteiger partial charge >= 0.3 is 5.97 Å². The van der Waals surface area contributed by atoms with Crippen LogP contribution >= 0.6 is 0 Å². The summed E-state index contributed by atoms with van der Waals surface area (Å²) >= 11 is 0. The van der Waals surface area contributed by atoms with Crippen molar-refractivity contribution in [3.63, 3.8) is 0 Å². The molecule has 1 amide bonds. The summed E-state index contributed by atoms with van der Waals surface area (Å²) < 4.78 is 5.46. The van der Waals surface area contributed by atoms with Gasteiger partial charge in [0.05, 0.1) is 25.4 Å². The third-order valence-corrected chi connectivity index (χ3v) is 13.6. The molecule has 0 saturated heterocycles. The van der Waals surface area contributed by atoms with Gasteiger partial charge in [0.15, 0.2) is 0 Å². The number of esters is 1. The molecule has 0 fully saturated rings. The number of nitrogens with one attached hydrogen (secondary N) is 1. The molecular formula is C58H113NO5. The maximum atomic E-state index is 12.5. The fourth-order valence-electron chi connectivity index (χ4n) is 9.11. The standard InChI is InChI=1S/C58H113NO5/c1-3-5-7-9-11-13-15-17-19-21-22-23-24-25-26-28-30-34-38-42-46-50-56(61)55(54-60)59-57(62)51-47-43-39-35-32-33-37-41-45-49-53-64-58(63)52-48-44-40-36-31-29-27-20-18-16-14-12-10-8-6-4-2/h20,27,55-56,60-61H,3-19,21-26,28-54H2,1-2H3,(H,59,62)/b27-20-. The molecule has 2 atom stereocenters. The van der Waals surface area contributed by atoms with Crippen LogP contribution in [-0.4, -0.2) is 47.4 Å². The van der Waals surface area contributed by atoms with Gasteiger partial charge in [-0.05, 0) is 51.4 Å². The molecule has 6 heteroatoms. The van der Waals surface area contributed by atoms with E-state index in [-0.39, 0.29) is 18.5 Å². The molecule has 0 aliphatic heterocycles. The highest BCUT2D eigenvalue weighted by Crippen LogP contribution is 2.17. The van der Waals surface area contributed by atoms with Crippen LogP contribution in [0.3, 0.4) is 0 Å². The van der Waals surface area contributed by atoms with Crippen LogP contribution in [-0.2, 0) is 14.3 Å². The molecule has 0 aromatic carbocycles. The molecule has 0 aliphatic rings. The number of carbonyl (C=O) groups is 2. The van der Waals surface area contributed by atoms with Crippen molar-refractivity contribution in [3.8, 4) is 0 Å². The first kappa shape index (κ1) is 62.6. The van der Waals surface area contributed by atoms with E-state index in [4.69, 9.17) is 4.74 Å². The van der Waals surface area contributed by atoms with Crippen molar-refractivity contribution in [2.75, 3.05) is 13.2 Å². The second kappa shape index (κ2) is 54.2. The van der Waals surface area contributed by atoms with Crippen LogP contribution < -0.4 is 5.32 Å². The lowest BCUT2D eigenvalue weighted by Gasteiger charge is -2.22. The molecule has 0 aliphatic carbocycles. The summed E-state index contributed by atoms with van der Waals surface area (Å²) in [5.74, 6) is -0.0798. The summed E-state index contributed by atoms with van der Waals surface area (Å²) in [7, 11) is 0. The van der Waals surface area contributed by atoms with E-state index in [1.165, 1.54) is 231 Å². The van der Waals surface area contributed by atoms with E-state index >= 15 is 0 Å². The lowest BCUT2D eigenvalue weighted by atomic mass is 10.0. The molecule has 3 N–H and O–H groups in total. The van der Waals surface area contributed by atoms with Gasteiger partial charge in [0.1, 0.15) is 0 Å². The zero-order valence-electron chi connectivity index (χ0n) is 43.3. The molecule has 6 nitrogen and oxygen atoms in total. The summed E-state index contributed by atoms with van der Waals surface area (Å²) in [5.41, 5.74) is 0. The molecule has 0 spiro atoms. The fourth-order valence-corrected chi connectivity index (χ4v) is 9.11. The van der Waals surface area contributed by atoms with Gasteiger partial charge in [-0.3, -0.25) is 9.59 Å². The van der Waals surface area contributed by atoms with E-state index in [2.05, 4.69) is 31.3 Å². The fraction of sp³-hybridized carbons (Fsp3) is 0.931. The first-order chi connectivity index (χ1) is 31.5. The molecule has 380 valence electrons. The first-order valence-corrected chi connectivity index (χ1v) is 28.9. The number of hydrogen-bond acceptors (Lipinski definition) is 5. The summed E-state index contributed by atoms with van der Waals surface area (Å²) in [6.07, 6.45) is 63.4. The maximum Gasteiger partial charge on any atom is 0.305 e. The summed E-state index contributed by atoms with van der Waals surface area (Å²) in [6.45, 7) is 4.92. The molecule has 0 aromatic rings. The number of aliphatic hydroxyl groups is 2. The van der Waals surface area contributed by atoms with Crippen molar-refractivity contribution in [2.24, 2.45) is 0 Å². The van der Waals surface area contributed by atoms with Crippen LogP contribution in [0.4, 0.5) is 0 Å². The molecule has 0 radical (unpaired) electrons. The van der Waals surface area contributed by atoms with Gasteiger partial charge in [0, 0.05) is 12.8 Å². The second-order valence-electron chi connectivity index (χ2n) is 20.0. The number of aliphatic hydroxyl groups excluding tert-OH is 2. The van der Waals surface area contributed by atoms with Crippen LogP contribution in [0.1, 0.15) is 322 Å². The predicted molar refractivity (Wildman–Crippen MR) is 278 cm³/mol. The normalized spacial score (nSPS) is 12.6. The number of ether oxygens (including phenoxy) is 1. The maximum absolute atomic E-state index is 12.5. The van der Waals surface area contributed by atoms with E-state index in [0.717, 1.165) is 57.8 Å². The molecule has 64 heavy (non-hydrogen) atoms. The zero-order valence-corrected chi connectivity index (χ0v) is 43.3. The molecule has 0 heterocycles. The third kappa shape index (κ3) is 50.0. The van der Waals surface area contributed by atoms with Gasteiger partial charge in [0.2, 0.25) is 5.91 Å². The molecular weight excluding hydrogens is 791 g/mol. The Morgan fingerprint density at radius 2 is 0.734 bits per heavy atom. The molecule has 0 saturated carbocycles. The summed E-state index contributed by atoms with van der Waals surface area (Å²) in [5, 5.41) is 23.3. The Balaban J connectivity index is 3.46. The Kier molecular flexibility index (Phi) is 53.0. The van der Waals surface area contributed by atoms with E-state index in [1.54, 1.807) is 0 Å². The SMILES string of the molecule is CCCCCCCCC/C=C\CCCCCCCC(=O)OCCCCCCCCCCCCC(=O)NC(CO)C(O)CCCCCCCCCCCCCCCCCCCCCCC. The van der Waals surface area contributed by atoms with Crippen LogP contribution in [0.2, 0.25) is 0 Å². The van der Waals surface area contributed by atoms with Crippen LogP contribution in [0.5, 0.6) is 0 Å². The highest BCUT2D eigenvalue weighted by atomic mass is 16.5. The number of hydrogen-bond donors (Lipinski definition) is 3. The highest BCUT2D eigenvalue weighted by Gasteiger charge is 2.20. The Hall–Kier alpha value is -1.40. The highest BCUT2D eigenvalue weighted by molar-refractivity contribution is 5.76. The average Bonchev–Trinajstić information content (AvgIpc) is 3.29. The van der Waals surface area contributed by atoms with Crippen molar-refractivity contribution in [2.45, 2.75) is 334 Å². The number of amides is 1. The Morgan fingerprint density at radius 1 is 0.422 bits per heavy atom. The summed E-state index contributed by atoms with van der Waals surface area (Å²) in [6, 6.07) is -0.559. The number of rotatable bonds is 54. The molecule has 2 unspecified atom stereocenters. The van der Waals surface area contributed by atoms with Crippen LogP contribution in [0, 0.1) is 0 Å². The largest absolute Gasteiger partial charge is 0.466 e. The van der Waals surface area contributed by atoms with E-state index in [0.29, 0.717) is 25.9 Å². The summed E-state index contributed by atoms with van der Waals surface area (Å²) in [4.78, 5) is 24.6. The lowest BCUT2D eigenvalue weighted by molar-refractivity contribution is -0.143. The van der Waals surface area contributed by atoms with Gasteiger partial charge in [-0.1, -0.05) is 270 Å². The van der Waals surface area contributed by atoms with Gasteiger partial charge in [-0.25, -0.2) is 0 Å². The monoisotopic (exact) mass is 904 g/mol. The minimum Gasteiger partial charge on any atom is -0.466 e. The van der Waals surface area contributed by atoms with Gasteiger partial charge in [0.25, 0.3) is 0 Å². The quantitative estimate of drug-likeness (QED) is 0.0321. The van der Waals surface area contributed by atoms with Gasteiger partial charge in [-0.15, -0.1) is 0 Å². The zero-order chi connectivity index (χ0) is 46.5. The smallest absolute Gasteiger partial charge is 0.305 e. The average molecular weight is 905 g/mol. The van der Waals surface area contributed by atoms with Crippen molar-refractivity contribution < 1.29 is 24.5 Å². The second-order valence-corrected chi connectivity index (χ2v) is 20.0. The van der Waals surface area contributed by atoms with E-state index in [9.17, 15) is 19.8 Å². The Labute approximate surface area is 399 Å². The van der Waals surface area contributed by atoms with E-state index < -0.39 is 12.1 Å². The first-order valence-electron chi connectivity index (χ1n) is 28.9. The van der Waals surface area contributed by atoms with Crippen molar-refractivity contribution in [3.05, 3.63) is 12.2 Å². The Morgan fingerprint density at radius 3 is 1.11 bits per heavy atom. The molecule has 0 aromatic heterocycles. The number of unbranched alkanes of at least 4 members (excludes halogenated alkanes) is 41. The molecule has 0 rings (SSSR count). The van der Waals surface area contributed by atoms with Crippen molar-refractivity contribution in [1.29, 1.82) is 0 Å². The number of carbonyl (C=O) groups excluding carboxylic acids is 2. The number of allylic oxidation sites excluding steroid dienone is 2. The van der Waals surface area contributed by atoms with Crippen LogP contribution in [0.15, 0.2) is 12.2 Å². The lowest BCUT2D eigenvalue weighted by Crippen LogP contribution is -2.45. The van der Waals surface area contributed by atoms with Crippen molar-refractivity contribution in [1.82, 2.24) is 5.32 Å². The predicted octanol–water partition coefficient (Wildman–Crippen LogP) is 17.7. The van der Waals surface area contributed by atoms with Gasteiger partial charge in [-0.2, -0.15) is 0 Å². The van der Waals surface area contributed by atoms with Gasteiger partial charge < -0.3 is 20.3 Å².